The zero-order valence-corrected chi connectivity index (χ0v) is 17.9. The summed E-state index contributed by atoms with van der Waals surface area (Å²) in [5.74, 6) is 0.820. The Morgan fingerprint density at radius 1 is 1.17 bits per heavy atom. The second-order valence-electron chi connectivity index (χ2n) is 7.45. The number of aromatic nitrogens is 4. The molecule has 5 rings (SSSR count). The second-order valence-corrected chi connectivity index (χ2v) is 8.30. The maximum Gasteiger partial charge on any atom is 0.146 e. The number of fused-ring (bicyclic) bond motifs is 2. The van der Waals surface area contributed by atoms with Crippen molar-refractivity contribution in [2.75, 3.05) is 6.61 Å². The quantitative estimate of drug-likeness (QED) is 0.430. The van der Waals surface area contributed by atoms with Crippen LogP contribution in [0.4, 0.5) is 0 Å². The van der Waals surface area contributed by atoms with Crippen LogP contribution in [0.1, 0.15) is 30.5 Å². The molecule has 29 heavy (non-hydrogen) atoms. The lowest BCUT2D eigenvalue weighted by atomic mass is 10.2. The minimum absolute atomic E-state index is 0.0420. The molecule has 0 bridgehead atoms. The van der Waals surface area contributed by atoms with Crippen LogP contribution in [0.5, 0.6) is 5.75 Å². The third kappa shape index (κ3) is 3.49. The van der Waals surface area contributed by atoms with Crippen molar-refractivity contribution in [3.63, 3.8) is 0 Å². The van der Waals surface area contributed by atoms with Crippen molar-refractivity contribution in [2.45, 2.75) is 39.0 Å². The molecule has 3 aromatic heterocycles. The molecule has 1 saturated heterocycles. The minimum Gasteiger partial charge on any atom is -0.491 e. The van der Waals surface area contributed by atoms with Crippen LogP contribution in [-0.2, 0) is 4.74 Å². The molecular weight excluding hydrogens is 432 g/mol. The van der Waals surface area contributed by atoms with E-state index < -0.39 is 0 Å². The largest absolute Gasteiger partial charge is 0.491 e. The van der Waals surface area contributed by atoms with Gasteiger partial charge in [-0.3, -0.25) is 4.98 Å². The van der Waals surface area contributed by atoms with Gasteiger partial charge in [0.15, 0.2) is 0 Å². The molecule has 6 nitrogen and oxygen atoms in total. The molecule has 1 aliphatic heterocycles. The van der Waals surface area contributed by atoms with Crippen molar-refractivity contribution in [3.05, 3.63) is 58.7 Å². The summed E-state index contributed by atoms with van der Waals surface area (Å²) >= 11 is 3.63. The lowest BCUT2D eigenvalue weighted by Gasteiger charge is -2.16. The first kappa shape index (κ1) is 18.5. The molecule has 0 saturated carbocycles. The molecule has 7 heteroatoms. The number of aryl methyl sites for hydroxylation is 2. The third-order valence-electron chi connectivity index (χ3n) is 5.39. The van der Waals surface area contributed by atoms with Crippen molar-refractivity contribution in [1.29, 1.82) is 0 Å². The number of rotatable bonds is 4. The highest BCUT2D eigenvalue weighted by atomic mass is 79.9. The van der Waals surface area contributed by atoms with E-state index >= 15 is 0 Å². The first-order valence-corrected chi connectivity index (χ1v) is 10.5. The summed E-state index contributed by atoms with van der Waals surface area (Å²) in [5, 5.41) is 2.15. The molecule has 148 valence electrons. The summed E-state index contributed by atoms with van der Waals surface area (Å²) in [6, 6.07) is 10.1. The van der Waals surface area contributed by atoms with Crippen molar-refractivity contribution < 1.29 is 9.47 Å². The molecule has 1 aromatic carbocycles. The van der Waals surface area contributed by atoms with E-state index in [1.807, 2.05) is 44.3 Å². The Kier molecular flexibility index (Phi) is 4.72. The van der Waals surface area contributed by atoms with Gasteiger partial charge in [0.1, 0.15) is 30.6 Å². The van der Waals surface area contributed by atoms with Gasteiger partial charge in [-0.15, -0.1) is 0 Å². The standard InChI is InChI=1S/C22H21BrN4O2/c1-13-3-4-15-5-6-16(9-19(15)26-13)28-11-17-7-8-20(29-17)27-10-18(23)21-14(2)24-12-25-22(21)27/h3-6,9-10,12,17,20H,7-8,11H2,1-2H3/t17-,20+/m0/s1. The van der Waals surface area contributed by atoms with Crippen LogP contribution >= 0.6 is 15.9 Å². The molecule has 4 aromatic rings. The highest BCUT2D eigenvalue weighted by Crippen LogP contribution is 2.35. The van der Waals surface area contributed by atoms with Crippen molar-refractivity contribution in [2.24, 2.45) is 0 Å². The van der Waals surface area contributed by atoms with Crippen LogP contribution in [0.15, 0.2) is 47.3 Å². The number of pyridine rings is 1. The van der Waals surface area contributed by atoms with Gasteiger partial charge in [0.05, 0.1) is 22.7 Å². The van der Waals surface area contributed by atoms with Gasteiger partial charge in [-0.05, 0) is 60.8 Å². The molecule has 1 aliphatic rings. The van der Waals surface area contributed by atoms with E-state index in [1.165, 1.54) is 0 Å². The van der Waals surface area contributed by atoms with Crippen LogP contribution in [0.2, 0.25) is 0 Å². The van der Waals surface area contributed by atoms with Crippen LogP contribution in [0.3, 0.4) is 0 Å². The van der Waals surface area contributed by atoms with Gasteiger partial charge in [0, 0.05) is 27.8 Å². The number of benzene rings is 1. The van der Waals surface area contributed by atoms with E-state index in [2.05, 4.69) is 41.5 Å². The number of halogens is 1. The Balaban J connectivity index is 1.29. The fourth-order valence-corrected chi connectivity index (χ4v) is 4.58. The number of nitrogens with zero attached hydrogens (tertiary/aromatic N) is 4. The number of hydrogen-bond donors (Lipinski definition) is 0. The van der Waals surface area contributed by atoms with Crippen molar-refractivity contribution in [1.82, 2.24) is 19.5 Å². The highest BCUT2D eigenvalue weighted by Gasteiger charge is 2.29. The van der Waals surface area contributed by atoms with E-state index in [-0.39, 0.29) is 12.3 Å². The Hall–Kier alpha value is -2.51. The summed E-state index contributed by atoms with van der Waals surface area (Å²) in [6.07, 6.45) is 5.50. The normalized spacial score (nSPS) is 19.3. The number of hydrogen-bond acceptors (Lipinski definition) is 5. The van der Waals surface area contributed by atoms with Crippen LogP contribution in [0, 0.1) is 13.8 Å². The van der Waals surface area contributed by atoms with Crippen LogP contribution in [-0.4, -0.2) is 32.2 Å². The van der Waals surface area contributed by atoms with E-state index in [0.717, 1.165) is 56.4 Å². The first-order valence-electron chi connectivity index (χ1n) is 9.72. The average Bonchev–Trinajstić information content (AvgIpc) is 3.31. The Morgan fingerprint density at radius 2 is 2.03 bits per heavy atom. The second kappa shape index (κ2) is 7.39. The lowest BCUT2D eigenvalue weighted by molar-refractivity contribution is -0.0156. The molecule has 0 aliphatic carbocycles. The molecule has 0 unspecified atom stereocenters. The van der Waals surface area contributed by atoms with E-state index in [9.17, 15) is 0 Å². The summed E-state index contributed by atoms with van der Waals surface area (Å²) < 4.78 is 15.4. The van der Waals surface area contributed by atoms with Crippen LogP contribution in [0.25, 0.3) is 21.9 Å². The van der Waals surface area contributed by atoms with Gasteiger partial charge in [0.25, 0.3) is 0 Å². The van der Waals surface area contributed by atoms with Gasteiger partial charge in [-0.25, -0.2) is 9.97 Å². The molecule has 0 N–H and O–H groups in total. The molecule has 0 amide bonds. The maximum atomic E-state index is 6.28. The smallest absolute Gasteiger partial charge is 0.146 e. The van der Waals surface area contributed by atoms with E-state index in [4.69, 9.17) is 9.47 Å². The van der Waals surface area contributed by atoms with Gasteiger partial charge in [-0.2, -0.15) is 0 Å². The fraction of sp³-hybridized carbons (Fsp3) is 0.318. The molecule has 4 heterocycles. The minimum atomic E-state index is -0.0485. The average molecular weight is 453 g/mol. The summed E-state index contributed by atoms with van der Waals surface area (Å²) in [7, 11) is 0. The van der Waals surface area contributed by atoms with Crippen LogP contribution < -0.4 is 4.74 Å². The maximum absolute atomic E-state index is 6.28. The van der Waals surface area contributed by atoms with Gasteiger partial charge in [-0.1, -0.05) is 6.07 Å². The monoisotopic (exact) mass is 452 g/mol. The molecule has 1 fully saturated rings. The van der Waals surface area contributed by atoms with E-state index in [1.54, 1.807) is 6.33 Å². The molecule has 2 atom stereocenters. The SMILES string of the molecule is Cc1ccc2ccc(OC[C@@H]3CC[C@H](n4cc(Br)c5c(C)ncnc54)O3)cc2n1. The zero-order valence-electron chi connectivity index (χ0n) is 16.3. The summed E-state index contributed by atoms with van der Waals surface area (Å²) in [6.45, 7) is 4.50. The predicted octanol–water partition coefficient (Wildman–Crippen LogP) is 5.12. The topological polar surface area (TPSA) is 62.1 Å². The van der Waals surface area contributed by atoms with Crippen molar-refractivity contribution in [3.8, 4) is 5.75 Å². The first-order chi connectivity index (χ1) is 14.1. The predicted molar refractivity (Wildman–Crippen MR) is 115 cm³/mol. The third-order valence-corrected chi connectivity index (χ3v) is 5.99. The number of ether oxygens (including phenoxy) is 2. The summed E-state index contributed by atoms with van der Waals surface area (Å²) in [4.78, 5) is 13.3. The molecule has 0 radical (unpaired) electrons. The molecular formula is C22H21BrN4O2. The Labute approximate surface area is 177 Å². The van der Waals surface area contributed by atoms with Gasteiger partial charge >= 0.3 is 0 Å². The lowest BCUT2D eigenvalue weighted by Crippen LogP contribution is -2.18. The Bertz CT molecular complexity index is 1210. The molecule has 0 spiro atoms. The highest BCUT2D eigenvalue weighted by molar-refractivity contribution is 9.10. The van der Waals surface area contributed by atoms with Crippen molar-refractivity contribution >= 4 is 37.9 Å². The fourth-order valence-electron chi connectivity index (χ4n) is 3.90. The van der Waals surface area contributed by atoms with E-state index in [0.29, 0.717) is 6.61 Å². The van der Waals surface area contributed by atoms with Gasteiger partial charge in [0.2, 0.25) is 0 Å². The summed E-state index contributed by atoms with van der Waals surface area (Å²) in [5.41, 5.74) is 3.80. The zero-order chi connectivity index (χ0) is 20.0. The van der Waals surface area contributed by atoms with Gasteiger partial charge < -0.3 is 14.0 Å². The Morgan fingerprint density at radius 3 is 2.93 bits per heavy atom.